The normalized spacial score (nSPS) is 33.0. The van der Waals surface area contributed by atoms with Crippen LogP contribution in [0.25, 0.3) is 0 Å². The number of carbonyl (C=O) groups excluding carboxylic acids is 1. The first-order chi connectivity index (χ1) is 10.1. The lowest BCUT2D eigenvalue weighted by molar-refractivity contribution is -0.126. The summed E-state index contributed by atoms with van der Waals surface area (Å²) in [5.41, 5.74) is 5.24. The Morgan fingerprint density at radius 1 is 1.19 bits per heavy atom. The lowest BCUT2D eigenvalue weighted by Gasteiger charge is -2.36. The third kappa shape index (κ3) is 3.08. The number of nitrogens with two attached hydrogens (primary N) is 1. The number of nitrogens with one attached hydrogen (secondary N) is 1. The zero-order chi connectivity index (χ0) is 15.0. The zero-order valence-electron chi connectivity index (χ0n) is 13.0. The fraction of sp³-hybridized carbons (Fsp3) is 0.933. The molecule has 120 valence electrons. The van der Waals surface area contributed by atoms with Crippen molar-refractivity contribution in [2.24, 2.45) is 11.7 Å². The summed E-state index contributed by atoms with van der Waals surface area (Å²) in [6.07, 6.45) is 4.64. The molecule has 1 saturated heterocycles. The highest BCUT2D eigenvalue weighted by atomic mass is 16.5. The summed E-state index contributed by atoms with van der Waals surface area (Å²) in [6.45, 7) is 2.26. The van der Waals surface area contributed by atoms with E-state index in [9.17, 15) is 4.79 Å². The van der Waals surface area contributed by atoms with Crippen LogP contribution in [0.4, 0.5) is 0 Å². The summed E-state index contributed by atoms with van der Waals surface area (Å²) in [5.74, 6) is 0.185. The van der Waals surface area contributed by atoms with E-state index in [2.05, 4.69) is 10.2 Å². The van der Waals surface area contributed by atoms with E-state index in [4.69, 9.17) is 15.2 Å². The van der Waals surface area contributed by atoms with Crippen LogP contribution in [-0.4, -0.2) is 68.4 Å². The molecule has 6 nitrogen and oxygen atoms in total. The highest BCUT2D eigenvalue weighted by Crippen LogP contribution is 2.42. The van der Waals surface area contributed by atoms with Gasteiger partial charge in [-0.2, -0.15) is 0 Å². The Morgan fingerprint density at radius 3 is 2.14 bits per heavy atom. The molecule has 1 heterocycles. The average molecular weight is 297 g/mol. The van der Waals surface area contributed by atoms with Gasteiger partial charge in [-0.3, -0.25) is 15.0 Å². The van der Waals surface area contributed by atoms with Gasteiger partial charge < -0.3 is 15.2 Å². The molecule has 3 N–H and O–H groups in total. The monoisotopic (exact) mass is 297 g/mol. The highest BCUT2D eigenvalue weighted by molar-refractivity contribution is 5.86. The van der Waals surface area contributed by atoms with Gasteiger partial charge >= 0.3 is 0 Å². The van der Waals surface area contributed by atoms with Crippen LogP contribution in [0.15, 0.2) is 0 Å². The summed E-state index contributed by atoms with van der Waals surface area (Å²) in [5, 5.41) is 3.56. The van der Waals surface area contributed by atoms with E-state index in [1.165, 1.54) is 0 Å². The fourth-order valence-electron chi connectivity index (χ4n) is 3.56. The minimum Gasteiger partial charge on any atom is -0.377 e. The van der Waals surface area contributed by atoms with Crippen LogP contribution in [-0.2, 0) is 14.3 Å². The number of primary amides is 1. The molecule has 0 aromatic rings. The Hall–Kier alpha value is -0.690. The van der Waals surface area contributed by atoms with Gasteiger partial charge in [0.2, 0.25) is 5.91 Å². The Bertz CT molecular complexity index is 386. The van der Waals surface area contributed by atoms with Gasteiger partial charge in [-0.15, -0.1) is 0 Å². The maximum absolute atomic E-state index is 12.2. The minimum atomic E-state index is -0.567. The molecule has 0 aromatic carbocycles. The Kier molecular flexibility index (Phi) is 4.23. The third-order valence-electron chi connectivity index (χ3n) is 5.12. The molecular weight excluding hydrogens is 270 g/mol. The number of amides is 1. The molecule has 0 spiro atoms. The predicted molar refractivity (Wildman–Crippen MR) is 78.8 cm³/mol. The van der Waals surface area contributed by atoms with Crippen molar-refractivity contribution in [2.45, 2.75) is 49.5 Å². The maximum Gasteiger partial charge on any atom is 0.239 e. The van der Waals surface area contributed by atoms with Crippen molar-refractivity contribution in [3.8, 4) is 0 Å². The molecule has 2 saturated carbocycles. The third-order valence-corrected chi connectivity index (χ3v) is 5.12. The smallest absolute Gasteiger partial charge is 0.239 e. The van der Waals surface area contributed by atoms with E-state index in [0.717, 1.165) is 38.8 Å². The summed E-state index contributed by atoms with van der Waals surface area (Å²) >= 11 is 0. The van der Waals surface area contributed by atoms with E-state index in [0.29, 0.717) is 18.5 Å². The first-order valence-electron chi connectivity index (χ1n) is 7.94. The SMILES string of the molecule is COC1CN(CC(NC2CC2)(C(N)=O)C2CC2)CC1OC. The number of rotatable bonds is 8. The number of methoxy groups -OCH3 is 2. The van der Waals surface area contributed by atoms with Crippen molar-refractivity contribution < 1.29 is 14.3 Å². The van der Waals surface area contributed by atoms with Crippen LogP contribution >= 0.6 is 0 Å². The van der Waals surface area contributed by atoms with E-state index in [1.54, 1.807) is 14.2 Å². The van der Waals surface area contributed by atoms with Crippen LogP contribution in [0, 0.1) is 5.92 Å². The summed E-state index contributed by atoms with van der Waals surface area (Å²) in [7, 11) is 3.43. The summed E-state index contributed by atoms with van der Waals surface area (Å²) in [4.78, 5) is 14.5. The second kappa shape index (κ2) is 5.83. The lowest BCUT2D eigenvalue weighted by Crippen LogP contribution is -2.63. The number of ether oxygens (including phenoxy) is 2. The van der Waals surface area contributed by atoms with Crippen LogP contribution in [0.2, 0.25) is 0 Å². The van der Waals surface area contributed by atoms with Crippen LogP contribution < -0.4 is 11.1 Å². The van der Waals surface area contributed by atoms with E-state index in [-0.39, 0.29) is 18.1 Å². The fourth-order valence-corrected chi connectivity index (χ4v) is 3.56. The quantitative estimate of drug-likeness (QED) is 0.644. The van der Waals surface area contributed by atoms with Crippen LogP contribution in [0.5, 0.6) is 0 Å². The first kappa shape index (κ1) is 15.2. The molecular formula is C15H27N3O3. The van der Waals surface area contributed by atoms with Crippen LogP contribution in [0.1, 0.15) is 25.7 Å². The van der Waals surface area contributed by atoms with Gasteiger partial charge in [0.1, 0.15) is 5.54 Å². The molecule has 21 heavy (non-hydrogen) atoms. The van der Waals surface area contributed by atoms with Gasteiger partial charge in [0.25, 0.3) is 0 Å². The van der Waals surface area contributed by atoms with Crippen molar-refractivity contribution in [3.05, 3.63) is 0 Å². The number of hydrogen-bond donors (Lipinski definition) is 2. The topological polar surface area (TPSA) is 76.8 Å². The molecule has 2 aliphatic carbocycles. The van der Waals surface area contributed by atoms with E-state index >= 15 is 0 Å². The summed E-state index contributed by atoms with van der Waals surface area (Å²) in [6, 6.07) is 0.470. The highest BCUT2D eigenvalue weighted by Gasteiger charge is 2.53. The van der Waals surface area contributed by atoms with Gasteiger partial charge in [0, 0.05) is 39.9 Å². The largest absolute Gasteiger partial charge is 0.377 e. The van der Waals surface area contributed by atoms with Crippen molar-refractivity contribution in [1.29, 1.82) is 0 Å². The van der Waals surface area contributed by atoms with Crippen molar-refractivity contribution in [1.82, 2.24) is 10.2 Å². The van der Waals surface area contributed by atoms with Gasteiger partial charge in [-0.05, 0) is 31.6 Å². The molecule has 3 aliphatic rings. The van der Waals surface area contributed by atoms with Crippen molar-refractivity contribution >= 4 is 5.91 Å². The second-order valence-corrected chi connectivity index (χ2v) is 6.77. The Balaban J connectivity index is 1.70. The van der Waals surface area contributed by atoms with E-state index in [1.807, 2.05) is 0 Å². The average Bonchev–Trinajstić information content (AvgIpc) is 3.36. The molecule has 3 atom stereocenters. The maximum atomic E-state index is 12.2. The Labute approximate surface area is 126 Å². The van der Waals surface area contributed by atoms with Crippen LogP contribution in [0.3, 0.4) is 0 Å². The molecule has 0 bridgehead atoms. The number of likely N-dealkylation sites (tertiary alicyclic amines) is 1. The minimum absolute atomic E-state index is 0.0701. The molecule has 3 unspecified atom stereocenters. The predicted octanol–water partition coefficient (Wildman–Crippen LogP) is -0.282. The molecule has 0 aromatic heterocycles. The molecule has 1 aliphatic heterocycles. The van der Waals surface area contributed by atoms with Gasteiger partial charge in [0.15, 0.2) is 0 Å². The van der Waals surface area contributed by atoms with Gasteiger partial charge in [0.05, 0.1) is 12.2 Å². The van der Waals surface area contributed by atoms with Crippen molar-refractivity contribution in [3.63, 3.8) is 0 Å². The van der Waals surface area contributed by atoms with E-state index < -0.39 is 5.54 Å². The van der Waals surface area contributed by atoms with Crippen molar-refractivity contribution in [2.75, 3.05) is 33.9 Å². The molecule has 3 fully saturated rings. The molecule has 1 amide bonds. The van der Waals surface area contributed by atoms with Gasteiger partial charge in [-0.1, -0.05) is 0 Å². The molecule has 6 heteroatoms. The number of hydrogen-bond acceptors (Lipinski definition) is 5. The lowest BCUT2D eigenvalue weighted by atomic mass is 9.91. The zero-order valence-corrected chi connectivity index (χ0v) is 13.0. The summed E-state index contributed by atoms with van der Waals surface area (Å²) < 4.78 is 11.0. The Morgan fingerprint density at radius 2 is 1.76 bits per heavy atom. The second-order valence-electron chi connectivity index (χ2n) is 6.77. The first-order valence-corrected chi connectivity index (χ1v) is 7.94. The van der Waals surface area contributed by atoms with Gasteiger partial charge in [-0.25, -0.2) is 0 Å². The number of carbonyl (C=O) groups is 1. The molecule has 0 radical (unpaired) electrons. The molecule has 3 rings (SSSR count). The standard InChI is InChI=1S/C15H27N3O3/c1-20-12-7-18(8-13(12)21-2)9-15(14(16)19,10-3-4-10)17-11-5-6-11/h10-13,17H,3-9H2,1-2H3,(H2,16,19). The number of nitrogens with zero attached hydrogens (tertiary/aromatic N) is 1.